The highest BCUT2D eigenvalue weighted by Gasteiger charge is 2.54. The quantitative estimate of drug-likeness (QED) is 0.107. The van der Waals surface area contributed by atoms with Crippen molar-refractivity contribution < 1.29 is 64.2 Å². The second kappa shape index (κ2) is 14.8. The SMILES string of the molecule is CC[C@@H]1C(CO)O[C@H](O[C@@H]2C(N)C[C@@H](N)C(O)[C@H]2O[C@@H]2O[C@H](CO)[C@H](O[C@H]3OC(CN)[C@@H](O)C(O)C3N)C2O)[C@@H](N)C1O. The highest BCUT2D eigenvalue weighted by Crippen LogP contribution is 2.35. The summed E-state index contributed by atoms with van der Waals surface area (Å²) in [7, 11) is 0. The number of ether oxygens (including phenoxy) is 6. The van der Waals surface area contributed by atoms with Crippen LogP contribution in [0.15, 0.2) is 0 Å². The lowest BCUT2D eigenvalue weighted by Crippen LogP contribution is -2.67. The lowest BCUT2D eigenvalue weighted by Gasteiger charge is -2.48. The zero-order valence-corrected chi connectivity index (χ0v) is 24.0. The van der Waals surface area contributed by atoms with Crippen LogP contribution in [0.4, 0.5) is 0 Å². The molecule has 0 aromatic rings. The molecule has 0 amide bonds. The highest BCUT2D eigenvalue weighted by atomic mass is 16.8. The van der Waals surface area contributed by atoms with Gasteiger partial charge in [-0.05, 0) is 12.8 Å². The molecule has 3 saturated heterocycles. The van der Waals surface area contributed by atoms with E-state index < -0.39 is 129 Å². The van der Waals surface area contributed by atoms with Gasteiger partial charge in [-0.1, -0.05) is 6.92 Å². The van der Waals surface area contributed by atoms with E-state index in [-0.39, 0.29) is 13.0 Å². The van der Waals surface area contributed by atoms with Crippen LogP contribution < -0.4 is 28.7 Å². The molecular weight excluding hydrogens is 578 g/mol. The fraction of sp³-hybridized carbons (Fsp3) is 1.00. The summed E-state index contributed by atoms with van der Waals surface area (Å²) in [5.74, 6) is -0.439. The summed E-state index contributed by atoms with van der Waals surface area (Å²) in [5.41, 5.74) is 30.3. The van der Waals surface area contributed by atoms with Crippen LogP contribution in [0.5, 0.6) is 0 Å². The van der Waals surface area contributed by atoms with E-state index in [0.29, 0.717) is 6.42 Å². The van der Waals surface area contributed by atoms with Crippen LogP contribution in [0.2, 0.25) is 0 Å². The van der Waals surface area contributed by atoms with Gasteiger partial charge < -0.3 is 92.8 Å². The van der Waals surface area contributed by atoms with Gasteiger partial charge in [0.05, 0.1) is 43.6 Å². The molecule has 0 spiro atoms. The Morgan fingerprint density at radius 2 is 1.14 bits per heavy atom. The summed E-state index contributed by atoms with van der Waals surface area (Å²) in [5, 5.41) is 73.2. The first-order chi connectivity index (χ1) is 20.4. The van der Waals surface area contributed by atoms with Crippen molar-refractivity contribution in [2.75, 3.05) is 19.8 Å². The lowest BCUT2D eigenvalue weighted by molar-refractivity contribution is -0.305. The molecule has 1 aliphatic carbocycles. The number of hydrogen-bond donors (Lipinski definition) is 12. The molecule has 18 heteroatoms. The van der Waals surface area contributed by atoms with Gasteiger partial charge in [0.2, 0.25) is 0 Å². The third-order valence-corrected chi connectivity index (χ3v) is 8.98. The molecule has 43 heavy (non-hydrogen) atoms. The van der Waals surface area contributed by atoms with Gasteiger partial charge in [-0.15, -0.1) is 0 Å². The first-order valence-corrected chi connectivity index (χ1v) is 14.7. The van der Waals surface area contributed by atoms with E-state index in [1.165, 1.54) is 0 Å². The molecule has 3 aliphatic heterocycles. The van der Waals surface area contributed by atoms with Crippen molar-refractivity contribution in [1.29, 1.82) is 0 Å². The smallest absolute Gasteiger partial charge is 0.187 e. The zero-order chi connectivity index (χ0) is 31.7. The van der Waals surface area contributed by atoms with Gasteiger partial charge in [0.1, 0.15) is 48.8 Å². The van der Waals surface area contributed by atoms with Crippen LogP contribution >= 0.6 is 0 Å². The maximum atomic E-state index is 11.2. The van der Waals surface area contributed by atoms with E-state index in [0.717, 1.165) is 0 Å². The maximum absolute atomic E-state index is 11.2. The molecule has 1 saturated carbocycles. The Morgan fingerprint density at radius 3 is 1.72 bits per heavy atom. The van der Waals surface area contributed by atoms with Crippen LogP contribution in [0, 0.1) is 5.92 Å². The predicted octanol–water partition coefficient (Wildman–Crippen LogP) is -7.20. The fourth-order valence-corrected chi connectivity index (χ4v) is 6.31. The minimum atomic E-state index is -1.59. The summed E-state index contributed by atoms with van der Waals surface area (Å²) >= 11 is 0. The van der Waals surface area contributed by atoms with E-state index in [2.05, 4.69) is 0 Å². The average Bonchev–Trinajstić information content (AvgIpc) is 3.29. The molecule has 0 radical (unpaired) electrons. The molecule has 4 fully saturated rings. The standard InChI is InChI=1S/C25H49N5O13/c1-2-7-11(5-31)39-23(13(29)15(7)33)41-20-9(28)3-8(27)16(34)22(20)43-25-19(37)21(12(6-32)40-25)42-24-14(30)18(36)17(35)10(4-26)38-24/h7-25,31-37H,2-6,26-30H2,1H3/t7-,8-,9?,10?,11?,12-,13+,14?,15?,16?,17-,18?,19?,20-,21+,22-,23-,24-,25+/m1/s1. The normalized spacial score (nSPS) is 52.8. The summed E-state index contributed by atoms with van der Waals surface area (Å²) in [6, 6.07) is -3.93. The molecular formula is C25H49N5O13. The summed E-state index contributed by atoms with van der Waals surface area (Å²) in [4.78, 5) is 0. The molecule has 0 aromatic carbocycles. The monoisotopic (exact) mass is 627 g/mol. The Morgan fingerprint density at radius 1 is 0.605 bits per heavy atom. The van der Waals surface area contributed by atoms with Crippen molar-refractivity contribution in [3.05, 3.63) is 0 Å². The number of hydrogen-bond acceptors (Lipinski definition) is 18. The Labute approximate surface area is 248 Å². The number of aliphatic hydroxyl groups excluding tert-OH is 7. The van der Waals surface area contributed by atoms with Crippen LogP contribution in [0.3, 0.4) is 0 Å². The number of rotatable bonds is 10. The Kier molecular flexibility index (Phi) is 12.1. The van der Waals surface area contributed by atoms with Gasteiger partial charge >= 0.3 is 0 Å². The molecule has 8 unspecified atom stereocenters. The molecule has 17 N–H and O–H groups in total. The Hall–Kier alpha value is -0.720. The van der Waals surface area contributed by atoms with Gasteiger partial charge in [0.15, 0.2) is 18.9 Å². The first-order valence-electron chi connectivity index (χ1n) is 14.7. The van der Waals surface area contributed by atoms with Crippen molar-refractivity contribution in [1.82, 2.24) is 0 Å². The van der Waals surface area contributed by atoms with Gasteiger partial charge in [-0.2, -0.15) is 0 Å². The van der Waals surface area contributed by atoms with Crippen LogP contribution in [0.1, 0.15) is 19.8 Å². The largest absolute Gasteiger partial charge is 0.394 e. The second-order valence-corrected chi connectivity index (χ2v) is 11.8. The third kappa shape index (κ3) is 7.02. The van der Waals surface area contributed by atoms with Gasteiger partial charge in [0.25, 0.3) is 0 Å². The number of aliphatic hydroxyl groups is 7. The Bertz CT molecular complexity index is 881. The van der Waals surface area contributed by atoms with E-state index in [1.54, 1.807) is 0 Å². The molecule has 4 aliphatic rings. The molecule has 3 heterocycles. The molecule has 0 aromatic heterocycles. The van der Waals surface area contributed by atoms with E-state index in [1.807, 2.05) is 6.92 Å². The summed E-state index contributed by atoms with van der Waals surface area (Å²) in [6.07, 6.45) is -17.0. The minimum Gasteiger partial charge on any atom is -0.394 e. The molecule has 18 nitrogen and oxygen atoms in total. The lowest BCUT2D eigenvalue weighted by atomic mass is 9.83. The molecule has 4 rings (SSSR count). The van der Waals surface area contributed by atoms with Crippen LogP contribution in [-0.4, -0.2) is 166 Å². The third-order valence-electron chi connectivity index (χ3n) is 8.98. The fourth-order valence-electron chi connectivity index (χ4n) is 6.31. The molecule has 252 valence electrons. The van der Waals surface area contributed by atoms with E-state index >= 15 is 0 Å². The highest BCUT2D eigenvalue weighted by molar-refractivity contribution is 5.02. The van der Waals surface area contributed by atoms with Crippen LogP contribution in [-0.2, 0) is 28.4 Å². The van der Waals surface area contributed by atoms with Gasteiger partial charge in [-0.25, -0.2) is 0 Å². The summed E-state index contributed by atoms with van der Waals surface area (Å²) < 4.78 is 35.1. The van der Waals surface area contributed by atoms with Crippen LogP contribution in [0.25, 0.3) is 0 Å². The molecule has 0 bridgehead atoms. The van der Waals surface area contributed by atoms with Crippen molar-refractivity contribution in [2.24, 2.45) is 34.6 Å². The molecule has 19 atom stereocenters. The van der Waals surface area contributed by atoms with Crippen molar-refractivity contribution >= 4 is 0 Å². The van der Waals surface area contributed by atoms with Gasteiger partial charge in [0, 0.05) is 24.5 Å². The minimum absolute atomic E-state index is 0.115. The van der Waals surface area contributed by atoms with E-state index in [4.69, 9.17) is 57.1 Å². The second-order valence-electron chi connectivity index (χ2n) is 11.8. The summed E-state index contributed by atoms with van der Waals surface area (Å²) in [6.45, 7) is 0.639. The zero-order valence-electron chi connectivity index (χ0n) is 24.0. The average molecular weight is 628 g/mol. The number of nitrogens with two attached hydrogens (primary N) is 5. The van der Waals surface area contributed by atoms with Crippen molar-refractivity contribution in [2.45, 2.75) is 130 Å². The van der Waals surface area contributed by atoms with Crippen molar-refractivity contribution in [3.63, 3.8) is 0 Å². The topological polar surface area (TPSA) is 327 Å². The Balaban J connectivity index is 1.50. The maximum Gasteiger partial charge on any atom is 0.187 e. The van der Waals surface area contributed by atoms with Gasteiger partial charge in [-0.3, -0.25) is 0 Å². The predicted molar refractivity (Wildman–Crippen MR) is 144 cm³/mol. The van der Waals surface area contributed by atoms with Crippen molar-refractivity contribution in [3.8, 4) is 0 Å². The van der Waals surface area contributed by atoms with E-state index in [9.17, 15) is 35.7 Å². The first kappa shape index (κ1) is 35.1.